The summed E-state index contributed by atoms with van der Waals surface area (Å²) in [5.41, 5.74) is -0.667. The third-order valence-corrected chi connectivity index (χ3v) is 4.01. The maximum absolute atomic E-state index is 12.4. The van der Waals surface area contributed by atoms with Crippen LogP contribution in [0.25, 0.3) is 0 Å². The SMILES string of the molecule is C=CCC(OC(=O)[C@H](C)NC(=O)OC(C)(C)C)C(C)Oc1ccc(Cl)cc1Cl. The van der Waals surface area contributed by atoms with Gasteiger partial charge in [-0.1, -0.05) is 29.3 Å². The van der Waals surface area contributed by atoms with Crippen LogP contribution in [0.15, 0.2) is 30.9 Å². The highest BCUT2D eigenvalue weighted by Crippen LogP contribution is 2.29. The van der Waals surface area contributed by atoms with Gasteiger partial charge in [0.25, 0.3) is 0 Å². The molecule has 0 spiro atoms. The number of amides is 1. The van der Waals surface area contributed by atoms with E-state index in [4.69, 9.17) is 37.4 Å². The van der Waals surface area contributed by atoms with E-state index in [-0.39, 0.29) is 0 Å². The van der Waals surface area contributed by atoms with Crippen molar-refractivity contribution in [3.63, 3.8) is 0 Å². The van der Waals surface area contributed by atoms with Crippen LogP contribution in [0.1, 0.15) is 41.0 Å². The number of halogens is 2. The Bertz CT molecular complexity index is 702. The zero-order chi connectivity index (χ0) is 21.5. The lowest BCUT2D eigenvalue weighted by atomic mass is 10.1. The predicted molar refractivity (Wildman–Crippen MR) is 110 cm³/mol. The van der Waals surface area contributed by atoms with E-state index in [2.05, 4.69) is 11.9 Å². The van der Waals surface area contributed by atoms with Crippen LogP contribution >= 0.6 is 23.2 Å². The Morgan fingerprint density at radius 3 is 2.43 bits per heavy atom. The highest BCUT2D eigenvalue weighted by Gasteiger charge is 2.27. The minimum Gasteiger partial charge on any atom is -0.485 e. The van der Waals surface area contributed by atoms with Gasteiger partial charge < -0.3 is 19.5 Å². The largest absolute Gasteiger partial charge is 0.485 e. The first-order valence-electron chi connectivity index (χ1n) is 8.85. The van der Waals surface area contributed by atoms with Gasteiger partial charge in [0.05, 0.1) is 5.02 Å². The normalized spacial score (nSPS) is 14.4. The van der Waals surface area contributed by atoms with Gasteiger partial charge >= 0.3 is 12.1 Å². The molecule has 0 radical (unpaired) electrons. The second kappa shape index (κ2) is 10.6. The van der Waals surface area contributed by atoms with Crippen LogP contribution in [0, 0.1) is 0 Å². The average molecular weight is 432 g/mol. The van der Waals surface area contributed by atoms with Crippen molar-refractivity contribution in [1.29, 1.82) is 0 Å². The van der Waals surface area contributed by atoms with Crippen LogP contribution in [0.5, 0.6) is 5.75 Å². The number of benzene rings is 1. The number of ether oxygens (including phenoxy) is 3. The first kappa shape index (κ1) is 24.1. The highest BCUT2D eigenvalue weighted by atomic mass is 35.5. The van der Waals surface area contributed by atoms with E-state index < -0.39 is 35.9 Å². The molecule has 0 aliphatic rings. The van der Waals surface area contributed by atoms with Gasteiger partial charge in [0, 0.05) is 11.4 Å². The van der Waals surface area contributed by atoms with Gasteiger partial charge in [0.15, 0.2) is 0 Å². The van der Waals surface area contributed by atoms with Gasteiger partial charge in [0.2, 0.25) is 0 Å². The summed E-state index contributed by atoms with van der Waals surface area (Å²) in [6.07, 6.45) is 0.133. The zero-order valence-electron chi connectivity index (χ0n) is 16.8. The molecule has 1 N–H and O–H groups in total. The molecule has 0 bridgehead atoms. The number of hydrogen-bond donors (Lipinski definition) is 1. The average Bonchev–Trinajstić information content (AvgIpc) is 2.54. The zero-order valence-corrected chi connectivity index (χ0v) is 18.3. The molecule has 0 aliphatic carbocycles. The van der Waals surface area contributed by atoms with Gasteiger partial charge in [0.1, 0.15) is 29.6 Å². The summed E-state index contributed by atoms with van der Waals surface area (Å²) in [6.45, 7) is 12.1. The van der Waals surface area contributed by atoms with E-state index in [0.29, 0.717) is 22.2 Å². The molecule has 1 amide bonds. The maximum atomic E-state index is 12.4. The van der Waals surface area contributed by atoms with Crippen molar-refractivity contribution in [3.05, 3.63) is 40.9 Å². The van der Waals surface area contributed by atoms with Gasteiger partial charge in [-0.2, -0.15) is 0 Å². The van der Waals surface area contributed by atoms with Gasteiger partial charge in [-0.15, -0.1) is 6.58 Å². The molecule has 1 rings (SSSR count). The van der Waals surface area contributed by atoms with E-state index in [1.165, 1.54) is 6.92 Å². The van der Waals surface area contributed by atoms with Crippen molar-refractivity contribution in [2.24, 2.45) is 0 Å². The first-order valence-corrected chi connectivity index (χ1v) is 9.61. The van der Waals surface area contributed by atoms with Crippen LogP contribution in [0.3, 0.4) is 0 Å². The third kappa shape index (κ3) is 8.40. The molecule has 28 heavy (non-hydrogen) atoms. The van der Waals surface area contributed by atoms with Gasteiger partial charge in [-0.3, -0.25) is 0 Å². The summed E-state index contributed by atoms with van der Waals surface area (Å²) in [5, 5.41) is 3.29. The minimum atomic E-state index is -0.895. The van der Waals surface area contributed by atoms with Gasteiger partial charge in [-0.25, -0.2) is 9.59 Å². The Morgan fingerprint density at radius 1 is 1.25 bits per heavy atom. The van der Waals surface area contributed by atoms with E-state index >= 15 is 0 Å². The second-order valence-electron chi connectivity index (χ2n) is 7.27. The molecule has 3 atom stereocenters. The van der Waals surface area contributed by atoms with Gasteiger partial charge in [-0.05, 0) is 52.8 Å². The molecular weight excluding hydrogens is 405 g/mol. The lowest BCUT2D eigenvalue weighted by molar-refractivity contribution is -0.155. The maximum Gasteiger partial charge on any atom is 0.408 e. The van der Waals surface area contributed by atoms with Crippen LogP contribution in [-0.2, 0) is 14.3 Å². The highest BCUT2D eigenvalue weighted by molar-refractivity contribution is 6.35. The van der Waals surface area contributed by atoms with E-state index in [9.17, 15) is 9.59 Å². The molecule has 6 nitrogen and oxygen atoms in total. The molecule has 0 aliphatic heterocycles. The summed E-state index contributed by atoms with van der Waals surface area (Å²) < 4.78 is 16.5. The molecule has 0 saturated carbocycles. The molecule has 0 aromatic heterocycles. The Morgan fingerprint density at radius 2 is 1.89 bits per heavy atom. The summed E-state index contributed by atoms with van der Waals surface area (Å²) in [4.78, 5) is 24.2. The Hall–Kier alpha value is -1.92. The van der Waals surface area contributed by atoms with Crippen LogP contribution in [0.2, 0.25) is 10.0 Å². The number of nitrogens with one attached hydrogen (secondary N) is 1. The summed E-state index contributed by atoms with van der Waals surface area (Å²) >= 11 is 12.0. The van der Waals surface area contributed by atoms with E-state index in [0.717, 1.165) is 0 Å². The number of carbonyl (C=O) groups excluding carboxylic acids is 2. The van der Waals surface area contributed by atoms with E-state index in [1.807, 2.05) is 0 Å². The smallest absolute Gasteiger partial charge is 0.408 e. The van der Waals surface area contributed by atoms with Crippen LogP contribution in [0.4, 0.5) is 4.79 Å². The number of esters is 1. The molecule has 1 aromatic rings. The topological polar surface area (TPSA) is 73.9 Å². The van der Waals surface area contributed by atoms with Crippen molar-refractivity contribution in [3.8, 4) is 5.75 Å². The molecule has 0 heterocycles. The summed E-state index contributed by atoms with van der Waals surface area (Å²) in [6, 6.07) is 3.96. The minimum absolute atomic E-state index is 0.350. The second-order valence-corrected chi connectivity index (χ2v) is 8.11. The predicted octanol–water partition coefficient (Wildman–Crippen LogP) is 5.16. The quantitative estimate of drug-likeness (QED) is 0.454. The van der Waals surface area contributed by atoms with Crippen LogP contribution in [-0.4, -0.2) is 35.9 Å². The lowest BCUT2D eigenvalue weighted by Gasteiger charge is -2.26. The summed E-state index contributed by atoms with van der Waals surface area (Å²) in [7, 11) is 0. The number of hydrogen-bond acceptors (Lipinski definition) is 5. The fraction of sp³-hybridized carbons (Fsp3) is 0.500. The fourth-order valence-corrected chi connectivity index (χ4v) is 2.59. The molecule has 0 fully saturated rings. The van der Waals surface area contributed by atoms with Crippen molar-refractivity contribution >= 4 is 35.3 Å². The fourth-order valence-electron chi connectivity index (χ4n) is 2.14. The van der Waals surface area contributed by atoms with Crippen molar-refractivity contribution in [2.45, 2.75) is 64.9 Å². The van der Waals surface area contributed by atoms with Crippen molar-refractivity contribution < 1.29 is 23.8 Å². The van der Waals surface area contributed by atoms with Crippen molar-refractivity contribution in [1.82, 2.24) is 5.32 Å². The standard InChI is InChI=1S/C20H27Cl2NO5/c1-7-8-16(13(3)26-17-10-9-14(21)11-15(17)22)27-18(24)12(2)23-19(25)28-20(4,5)6/h7,9-13,16H,1,8H2,2-6H3,(H,23,25)/t12-,13?,16?/m0/s1. The molecule has 8 heteroatoms. The first-order chi connectivity index (χ1) is 12.9. The summed E-state index contributed by atoms with van der Waals surface area (Å²) in [5.74, 6) is -0.195. The molecular formula is C20H27Cl2NO5. The number of carbonyl (C=O) groups is 2. The molecule has 0 saturated heterocycles. The number of alkyl carbamates (subject to hydrolysis) is 1. The molecule has 156 valence electrons. The van der Waals surface area contributed by atoms with Crippen LogP contribution < -0.4 is 10.1 Å². The molecule has 2 unspecified atom stereocenters. The van der Waals surface area contributed by atoms with E-state index in [1.54, 1.807) is 52.0 Å². The lowest BCUT2D eigenvalue weighted by Crippen LogP contribution is -2.45. The Kier molecular flexibility index (Phi) is 9.11. The van der Waals surface area contributed by atoms with Crippen molar-refractivity contribution in [2.75, 3.05) is 0 Å². The monoisotopic (exact) mass is 431 g/mol. The molecule has 1 aromatic carbocycles. The Balaban J connectivity index is 2.72. The third-order valence-electron chi connectivity index (χ3n) is 3.48. The number of rotatable bonds is 8. The Labute approximate surface area is 176 Å².